The lowest BCUT2D eigenvalue weighted by Crippen LogP contribution is -2.05. The first-order valence-corrected chi connectivity index (χ1v) is 5.94. The van der Waals surface area contributed by atoms with Crippen molar-refractivity contribution in [3.8, 4) is 6.07 Å². The van der Waals surface area contributed by atoms with E-state index in [-0.39, 0.29) is 10.5 Å². The Morgan fingerprint density at radius 2 is 2.19 bits per heavy atom. The van der Waals surface area contributed by atoms with Gasteiger partial charge in [-0.15, -0.1) is 6.58 Å². The molecule has 0 amide bonds. The van der Waals surface area contributed by atoms with Crippen LogP contribution >= 0.6 is 0 Å². The summed E-state index contributed by atoms with van der Waals surface area (Å²) in [5.41, 5.74) is 1.06. The Morgan fingerprint density at radius 1 is 1.56 bits per heavy atom. The summed E-state index contributed by atoms with van der Waals surface area (Å²) in [6, 6.07) is 6.31. The summed E-state index contributed by atoms with van der Waals surface area (Å²) < 4.78 is 31.3. The maximum Gasteiger partial charge on any atom is 0.294 e. The van der Waals surface area contributed by atoms with Gasteiger partial charge in [-0.25, -0.2) is 0 Å². The van der Waals surface area contributed by atoms with Gasteiger partial charge in [0.15, 0.2) is 0 Å². The van der Waals surface area contributed by atoms with Gasteiger partial charge in [-0.2, -0.15) is 13.7 Å². The van der Waals surface area contributed by atoms with Gasteiger partial charge in [-0.05, 0) is 18.6 Å². The van der Waals surface area contributed by atoms with Crippen molar-refractivity contribution in [2.75, 3.05) is 0 Å². The third kappa shape index (κ3) is 2.48. The molecule has 0 aliphatic heterocycles. The summed E-state index contributed by atoms with van der Waals surface area (Å²) in [6.07, 6.45) is 1.34. The van der Waals surface area contributed by atoms with E-state index in [1.54, 1.807) is 19.1 Å². The molecule has 1 atom stereocenters. The Hall–Kier alpha value is -1.64. The van der Waals surface area contributed by atoms with Crippen LogP contribution in [0.1, 0.15) is 17.0 Å². The molecule has 0 radical (unpaired) electrons. The quantitative estimate of drug-likeness (QED) is 0.644. The molecular weight excluding hydrogens is 226 g/mol. The molecule has 0 fully saturated rings. The predicted octanol–water partition coefficient (Wildman–Crippen LogP) is 2.03. The third-order valence-electron chi connectivity index (χ3n) is 2.15. The van der Waals surface area contributed by atoms with Crippen LogP contribution in [0.2, 0.25) is 0 Å². The van der Waals surface area contributed by atoms with Crippen molar-refractivity contribution >= 4 is 10.1 Å². The third-order valence-corrected chi connectivity index (χ3v) is 3.08. The van der Waals surface area contributed by atoms with E-state index < -0.39 is 16.0 Å². The molecule has 1 unspecified atom stereocenters. The van der Waals surface area contributed by atoms with Gasteiger partial charge in [0.25, 0.3) is 10.1 Å². The molecule has 0 aliphatic rings. The standard InChI is InChI=1S/C11H11NO3S/c1-3-9(7-12)10-6-8(2)4-5-11(10)16(13,14)15/h3-6,9H,1H2,2H3,(H,13,14,15). The van der Waals surface area contributed by atoms with Crippen LogP contribution in [0.3, 0.4) is 0 Å². The summed E-state index contributed by atoms with van der Waals surface area (Å²) >= 11 is 0. The molecule has 16 heavy (non-hydrogen) atoms. The number of aryl methyl sites for hydroxylation is 1. The van der Waals surface area contributed by atoms with Crippen molar-refractivity contribution in [2.24, 2.45) is 0 Å². The number of hydrogen-bond donors (Lipinski definition) is 1. The number of nitrogens with zero attached hydrogens (tertiary/aromatic N) is 1. The first-order chi connectivity index (χ1) is 7.40. The normalized spacial score (nSPS) is 12.8. The van der Waals surface area contributed by atoms with Gasteiger partial charge in [0, 0.05) is 0 Å². The van der Waals surface area contributed by atoms with E-state index in [1.165, 1.54) is 12.1 Å². The summed E-state index contributed by atoms with van der Waals surface area (Å²) in [5, 5.41) is 8.86. The predicted molar refractivity (Wildman–Crippen MR) is 59.5 cm³/mol. The summed E-state index contributed by atoms with van der Waals surface area (Å²) in [6.45, 7) is 5.23. The zero-order chi connectivity index (χ0) is 12.3. The number of hydrogen-bond acceptors (Lipinski definition) is 3. The van der Waals surface area contributed by atoms with Crippen LogP contribution in [-0.4, -0.2) is 13.0 Å². The lowest BCUT2D eigenvalue weighted by molar-refractivity contribution is 0.482. The molecule has 1 aromatic carbocycles. The van der Waals surface area contributed by atoms with Gasteiger partial charge in [0.2, 0.25) is 0 Å². The van der Waals surface area contributed by atoms with Gasteiger partial charge in [0.05, 0.1) is 16.9 Å². The molecule has 0 aliphatic carbocycles. The number of nitriles is 1. The minimum absolute atomic E-state index is 0.246. The second-order valence-corrected chi connectivity index (χ2v) is 4.75. The van der Waals surface area contributed by atoms with Crippen molar-refractivity contribution in [1.82, 2.24) is 0 Å². The molecule has 1 rings (SSSR count). The van der Waals surface area contributed by atoms with Crippen LogP contribution in [0.5, 0.6) is 0 Å². The van der Waals surface area contributed by atoms with E-state index in [0.29, 0.717) is 0 Å². The second kappa shape index (κ2) is 4.47. The van der Waals surface area contributed by atoms with Crippen molar-refractivity contribution < 1.29 is 13.0 Å². The van der Waals surface area contributed by atoms with Gasteiger partial charge in [-0.1, -0.05) is 23.8 Å². The highest BCUT2D eigenvalue weighted by Gasteiger charge is 2.20. The summed E-state index contributed by atoms with van der Waals surface area (Å²) in [7, 11) is -4.31. The van der Waals surface area contributed by atoms with Crippen molar-refractivity contribution in [2.45, 2.75) is 17.7 Å². The van der Waals surface area contributed by atoms with Crippen molar-refractivity contribution in [3.05, 3.63) is 42.0 Å². The summed E-state index contributed by atoms with van der Waals surface area (Å²) in [4.78, 5) is -0.246. The second-order valence-electron chi connectivity index (χ2n) is 3.36. The minimum Gasteiger partial charge on any atom is -0.282 e. The highest BCUT2D eigenvalue weighted by atomic mass is 32.2. The van der Waals surface area contributed by atoms with E-state index in [4.69, 9.17) is 9.81 Å². The van der Waals surface area contributed by atoms with Crippen LogP contribution in [0.15, 0.2) is 35.7 Å². The monoisotopic (exact) mass is 237 g/mol. The van der Waals surface area contributed by atoms with Crippen LogP contribution in [0.25, 0.3) is 0 Å². The average Bonchev–Trinajstić information content (AvgIpc) is 2.17. The summed E-state index contributed by atoms with van der Waals surface area (Å²) in [5.74, 6) is -0.753. The Kier molecular flexibility index (Phi) is 3.48. The topological polar surface area (TPSA) is 78.2 Å². The van der Waals surface area contributed by atoms with Crippen LogP contribution in [0, 0.1) is 18.3 Å². The highest BCUT2D eigenvalue weighted by molar-refractivity contribution is 7.85. The Morgan fingerprint density at radius 3 is 2.62 bits per heavy atom. The first kappa shape index (κ1) is 12.4. The Labute approximate surface area is 94.6 Å². The molecule has 4 nitrogen and oxygen atoms in total. The molecule has 0 heterocycles. The zero-order valence-corrected chi connectivity index (χ0v) is 9.53. The van der Waals surface area contributed by atoms with Gasteiger partial charge in [-0.3, -0.25) is 4.55 Å². The molecule has 1 N–H and O–H groups in total. The lowest BCUT2D eigenvalue weighted by atomic mass is 9.99. The number of rotatable bonds is 3. The Balaban J connectivity index is 3.53. The molecule has 1 aromatic rings. The lowest BCUT2D eigenvalue weighted by Gasteiger charge is -2.10. The van der Waals surface area contributed by atoms with Crippen LogP contribution in [-0.2, 0) is 10.1 Å². The fourth-order valence-corrected chi connectivity index (χ4v) is 2.12. The maximum absolute atomic E-state index is 11.1. The largest absolute Gasteiger partial charge is 0.294 e. The molecule has 0 saturated carbocycles. The molecule has 0 aromatic heterocycles. The average molecular weight is 237 g/mol. The van der Waals surface area contributed by atoms with E-state index in [2.05, 4.69) is 6.58 Å². The molecule has 84 valence electrons. The van der Waals surface area contributed by atoms with Crippen LogP contribution in [0.4, 0.5) is 0 Å². The molecule has 0 bridgehead atoms. The number of allylic oxidation sites excluding steroid dienone is 1. The molecule has 0 spiro atoms. The highest BCUT2D eigenvalue weighted by Crippen LogP contribution is 2.25. The van der Waals surface area contributed by atoms with E-state index >= 15 is 0 Å². The maximum atomic E-state index is 11.1. The Bertz CT molecular complexity index is 555. The fourth-order valence-electron chi connectivity index (χ4n) is 1.40. The van der Waals surface area contributed by atoms with Crippen molar-refractivity contribution in [3.63, 3.8) is 0 Å². The zero-order valence-electron chi connectivity index (χ0n) is 8.71. The van der Waals surface area contributed by atoms with Gasteiger partial charge < -0.3 is 0 Å². The van der Waals surface area contributed by atoms with Gasteiger partial charge in [0.1, 0.15) is 0 Å². The fraction of sp³-hybridized carbons (Fsp3) is 0.182. The van der Waals surface area contributed by atoms with Crippen molar-refractivity contribution in [1.29, 1.82) is 5.26 Å². The molecule has 5 heteroatoms. The van der Waals surface area contributed by atoms with E-state index in [0.717, 1.165) is 5.56 Å². The smallest absolute Gasteiger partial charge is 0.282 e. The first-order valence-electron chi connectivity index (χ1n) is 4.50. The SMILES string of the molecule is C=CC(C#N)c1cc(C)ccc1S(=O)(=O)O. The van der Waals surface area contributed by atoms with E-state index in [1.807, 2.05) is 6.07 Å². The van der Waals surface area contributed by atoms with E-state index in [9.17, 15) is 8.42 Å². The number of benzene rings is 1. The van der Waals surface area contributed by atoms with Gasteiger partial charge >= 0.3 is 0 Å². The minimum atomic E-state index is -4.31. The van der Waals surface area contributed by atoms with Crippen LogP contribution < -0.4 is 0 Å². The molecule has 0 saturated heterocycles. The molecular formula is C11H11NO3S.